The quantitative estimate of drug-likeness (QED) is 0.652. The molecule has 0 aliphatic heterocycles. The molecule has 0 N–H and O–H groups in total. The average Bonchev–Trinajstić information content (AvgIpc) is 2.55. The fraction of sp³-hybridized carbons (Fsp3) is 0.273. The molecular weight excluding hydrogens is 200 g/mol. The second kappa shape index (κ2) is 3.69. The minimum Gasteiger partial charge on any atom is -0.140 e. The van der Waals surface area contributed by atoms with Gasteiger partial charge in [-0.2, -0.15) is 0 Å². The highest BCUT2D eigenvalue weighted by atomic mass is 35.5. The summed E-state index contributed by atoms with van der Waals surface area (Å²) in [5.41, 5.74) is 1.32. The van der Waals surface area contributed by atoms with Gasteiger partial charge in [-0.1, -0.05) is 25.1 Å². The molecule has 0 aliphatic rings. The highest BCUT2D eigenvalue weighted by Crippen LogP contribution is 2.32. The number of fused-ring (bicyclic) bond motifs is 1. The van der Waals surface area contributed by atoms with Crippen LogP contribution in [-0.4, -0.2) is 0 Å². The number of thiophene rings is 1. The van der Waals surface area contributed by atoms with Crippen molar-refractivity contribution in [3.63, 3.8) is 0 Å². The van der Waals surface area contributed by atoms with Crippen LogP contribution in [0.25, 0.3) is 10.1 Å². The Hall–Kier alpha value is -0.530. The zero-order chi connectivity index (χ0) is 9.26. The number of halogens is 1. The molecular formula is C11H11ClS. The predicted molar refractivity (Wildman–Crippen MR) is 60.8 cm³/mol. The number of aryl methyl sites for hydroxylation is 1. The maximum atomic E-state index is 5.94. The van der Waals surface area contributed by atoms with Gasteiger partial charge in [-0.25, -0.2) is 0 Å². The Labute approximate surface area is 87.2 Å². The Morgan fingerprint density at radius 1 is 1.31 bits per heavy atom. The van der Waals surface area contributed by atoms with Crippen molar-refractivity contribution in [3.8, 4) is 0 Å². The Morgan fingerprint density at radius 2 is 2.08 bits per heavy atom. The molecule has 1 aromatic carbocycles. The monoisotopic (exact) mass is 210 g/mol. The molecule has 0 atom stereocenters. The molecule has 2 heteroatoms. The number of benzene rings is 1. The van der Waals surface area contributed by atoms with Crippen molar-refractivity contribution in [2.24, 2.45) is 0 Å². The lowest BCUT2D eigenvalue weighted by molar-refractivity contribution is 1.16. The summed E-state index contributed by atoms with van der Waals surface area (Å²) in [6.45, 7) is 2.18. The predicted octanol–water partition coefficient (Wildman–Crippen LogP) is 4.20. The number of rotatable bonds is 2. The lowest BCUT2D eigenvalue weighted by Gasteiger charge is -1.95. The highest BCUT2D eigenvalue weighted by molar-refractivity contribution is 7.19. The van der Waals surface area contributed by atoms with Crippen LogP contribution in [0.4, 0.5) is 0 Å². The summed E-state index contributed by atoms with van der Waals surface area (Å²) in [6, 6.07) is 8.47. The third-order valence-electron chi connectivity index (χ3n) is 2.24. The summed E-state index contributed by atoms with van der Waals surface area (Å²) < 4.78 is 1.36. The Morgan fingerprint density at radius 3 is 2.77 bits per heavy atom. The molecule has 0 fully saturated rings. The number of hydrogen-bond donors (Lipinski definition) is 0. The van der Waals surface area contributed by atoms with Crippen LogP contribution < -0.4 is 0 Å². The number of alkyl halides is 1. The van der Waals surface area contributed by atoms with Gasteiger partial charge in [0.1, 0.15) is 0 Å². The van der Waals surface area contributed by atoms with Crippen LogP contribution >= 0.6 is 22.9 Å². The summed E-state index contributed by atoms with van der Waals surface area (Å²) in [6.07, 6.45) is 1.08. The average molecular weight is 211 g/mol. The third-order valence-corrected chi connectivity index (χ3v) is 3.86. The van der Waals surface area contributed by atoms with E-state index in [4.69, 9.17) is 11.6 Å². The van der Waals surface area contributed by atoms with Crippen molar-refractivity contribution >= 4 is 33.0 Å². The molecule has 1 heterocycles. The molecule has 68 valence electrons. The molecule has 0 spiro atoms. The minimum atomic E-state index is 0.632. The SMILES string of the molecule is CCc1sc2ccccc2c1CCl. The van der Waals surface area contributed by atoms with Crippen LogP contribution in [0.5, 0.6) is 0 Å². The van der Waals surface area contributed by atoms with E-state index in [2.05, 4.69) is 31.2 Å². The van der Waals surface area contributed by atoms with Crippen molar-refractivity contribution < 1.29 is 0 Å². The number of hydrogen-bond acceptors (Lipinski definition) is 1. The first-order chi connectivity index (χ1) is 6.36. The van der Waals surface area contributed by atoms with E-state index in [0.29, 0.717) is 5.88 Å². The largest absolute Gasteiger partial charge is 0.140 e. The van der Waals surface area contributed by atoms with Crippen LogP contribution in [0, 0.1) is 0 Å². The highest BCUT2D eigenvalue weighted by Gasteiger charge is 2.08. The molecule has 0 aliphatic carbocycles. The van der Waals surface area contributed by atoms with E-state index in [1.54, 1.807) is 0 Å². The lowest BCUT2D eigenvalue weighted by Crippen LogP contribution is -1.81. The van der Waals surface area contributed by atoms with Gasteiger partial charge >= 0.3 is 0 Å². The van der Waals surface area contributed by atoms with E-state index in [9.17, 15) is 0 Å². The van der Waals surface area contributed by atoms with E-state index < -0.39 is 0 Å². The smallest absolute Gasteiger partial charge is 0.0491 e. The first-order valence-electron chi connectivity index (χ1n) is 4.42. The lowest BCUT2D eigenvalue weighted by atomic mass is 10.1. The van der Waals surface area contributed by atoms with Gasteiger partial charge in [-0.05, 0) is 23.4 Å². The van der Waals surface area contributed by atoms with Crippen LogP contribution in [0.15, 0.2) is 24.3 Å². The van der Waals surface area contributed by atoms with Gasteiger partial charge in [0.05, 0.1) is 0 Å². The molecule has 2 aromatic rings. The molecule has 1 aromatic heterocycles. The molecule has 2 rings (SSSR count). The molecule has 0 amide bonds. The van der Waals surface area contributed by atoms with E-state index >= 15 is 0 Å². The normalized spacial score (nSPS) is 10.9. The minimum absolute atomic E-state index is 0.632. The first-order valence-corrected chi connectivity index (χ1v) is 5.77. The van der Waals surface area contributed by atoms with Crippen LogP contribution in [0.3, 0.4) is 0 Å². The summed E-state index contributed by atoms with van der Waals surface area (Å²) in [5.74, 6) is 0.632. The van der Waals surface area contributed by atoms with Gasteiger partial charge in [0.15, 0.2) is 0 Å². The van der Waals surface area contributed by atoms with Gasteiger partial charge in [-0.15, -0.1) is 22.9 Å². The van der Waals surface area contributed by atoms with E-state index in [0.717, 1.165) is 6.42 Å². The Balaban J connectivity index is 2.73. The zero-order valence-corrected chi connectivity index (χ0v) is 9.08. The summed E-state index contributed by atoms with van der Waals surface area (Å²) in [4.78, 5) is 1.43. The maximum Gasteiger partial charge on any atom is 0.0491 e. The topological polar surface area (TPSA) is 0 Å². The standard InChI is InChI=1S/C11H11ClS/c1-2-10-9(7-12)8-5-3-4-6-11(8)13-10/h3-6H,2,7H2,1H3. The fourth-order valence-corrected chi connectivity index (χ4v) is 3.13. The van der Waals surface area contributed by atoms with Crippen molar-refractivity contribution in [1.29, 1.82) is 0 Å². The Bertz CT molecular complexity index is 417. The second-order valence-corrected chi connectivity index (χ2v) is 4.39. The third kappa shape index (κ3) is 1.47. The van der Waals surface area contributed by atoms with Gasteiger partial charge < -0.3 is 0 Å². The van der Waals surface area contributed by atoms with Crippen molar-refractivity contribution in [1.82, 2.24) is 0 Å². The molecule has 0 nitrogen and oxygen atoms in total. The van der Waals surface area contributed by atoms with Gasteiger partial charge in [-0.3, -0.25) is 0 Å². The van der Waals surface area contributed by atoms with E-state index in [-0.39, 0.29) is 0 Å². The van der Waals surface area contributed by atoms with Crippen molar-refractivity contribution in [2.75, 3.05) is 0 Å². The van der Waals surface area contributed by atoms with Crippen LogP contribution in [0.2, 0.25) is 0 Å². The fourth-order valence-electron chi connectivity index (χ4n) is 1.58. The molecule has 0 unspecified atom stereocenters. The molecule has 0 saturated carbocycles. The summed E-state index contributed by atoms with van der Waals surface area (Å²) in [5, 5.41) is 1.33. The zero-order valence-electron chi connectivity index (χ0n) is 7.51. The molecule has 0 bridgehead atoms. The van der Waals surface area contributed by atoms with Crippen molar-refractivity contribution in [2.45, 2.75) is 19.2 Å². The summed E-state index contributed by atoms with van der Waals surface area (Å²) >= 11 is 7.80. The molecule has 0 saturated heterocycles. The van der Waals surface area contributed by atoms with E-state index in [1.807, 2.05) is 11.3 Å². The molecule has 0 radical (unpaired) electrons. The van der Waals surface area contributed by atoms with Crippen molar-refractivity contribution in [3.05, 3.63) is 34.7 Å². The van der Waals surface area contributed by atoms with Gasteiger partial charge in [0, 0.05) is 15.5 Å². The maximum absolute atomic E-state index is 5.94. The second-order valence-electron chi connectivity index (χ2n) is 2.99. The van der Waals surface area contributed by atoms with Crippen LogP contribution in [0.1, 0.15) is 17.4 Å². The van der Waals surface area contributed by atoms with Crippen LogP contribution in [-0.2, 0) is 12.3 Å². The van der Waals surface area contributed by atoms with E-state index in [1.165, 1.54) is 20.5 Å². The van der Waals surface area contributed by atoms with Gasteiger partial charge in [0.2, 0.25) is 0 Å². The summed E-state index contributed by atoms with van der Waals surface area (Å²) in [7, 11) is 0. The Kier molecular flexibility index (Phi) is 2.56. The molecule has 13 heavy (non-hydrogen) atoms. The van der Waals surface area contributed by atoms with Gasteiger partial charge in [0.25, 0.3) is 0 Å². The first kappa shape index (κ1) is 9.04.